The fraction of sp³-hybridized carbons (Fsp3) is 0.0667. The van der Waals surface area contributed by atoms with Crippen molar-refractivity contribution in [1.82, 2.24) is 0 Å². The van der Waals surface area contributed by atoms with Crippen molar-refractivity contribution in [1.29, 1.82) is 0 Å². The number of carboxylic acids is 1. The van der Waals surface area contributed by atoms with Crippen LogP contribution in [0.5, 0.6) is 5.75 Å². The Hall–Kier alpha value is -2.05. The van der Waals surface area contributed by atoms with Gasteiger partial charge in [-0.1, -0.05) is 27.5 Å². The van der Waals surface area contributed by atoms with E-state index in [-0.39, 0.29) is 22.9 Å². The summed E-state index contributed by atoms with van der Waals surface area (Å²) in [6.07, 6.45) is 0. The Morgan fingerprint density at radius 3 is 2.50 bits per heavy atom. The number of anilines is 1. The average molecular weight is 385 g/mol. The van der Waals surface area contributed by atoms with Gasteiger partial charge in [-0.15, -0.1) is 0 Å². The molecule has 2 N–H and O–H groups in total. The number of halogens is 2. The van der Waals surface area contributed by atoms with Gasteiger partial charge in [0.1, 0.15) is 5.75 Å². The number of rotatable bonds is 5. The Bertz CT molecular complexity index is 703. The number of benzene rings is 2. The lowest BCUT2D eigenvalue weighted by Crippen LogP contribution is -2.21. The third kappa shape index (κ3) is 4.47. The second-order valence-electron chi connectivity index (χ2n) is 4.29. The molecule has 0 spiro atoms. The summed E-state index contributed by atoms with van der Waals surface area (Å²) in [6.45, 7) is -0.233. The van der Waals surface area contributed by atoms with Crippen LogP contribution in [-0.2, 0) is 4.79 Å². The maximum Gasteiger partial charge on any atom is 0.337 e. The van der Waals surface area contributed by atoms with Crippen molar-refractivity contribution in [3.63, 3.8) is 0 Å². The van der Waals surface area contributed by atoms with Crippen LogP contribution in [0.2, 0.25) is 5.02 Å². The quantitative estimate of drug-likeness (QED) is 0.822. The number of aromatic carboxylic acids is 1. The predicted octanol–water partition coefficient (Wildman–Crippen LogP) is 3.82. The van der Waals surface area contributed by atoms with Crippen LogP contribution in [0, 0.1) is 0 Å². The van der Waals surface area contributed by atoms with E-state index in [1.165, 1.54) is 18.2 Å². The third-order valence-electron chi connectivity index (χ3n) is 2.67. The third-order valence-corrected chi connectivity index (χ3v) is 3.43. The van der Waals surface area contributed by atoms with Crippen molar-refractivity contribution in [2.45, 2.75) is 0 Å². The van der Waals surface area contributed by atoms with E-state index in [0.717, 1.165) is 4.47 Å². The zero-order chi connectivity index (χ0) is 16.1. The number of carboxylic acid groups (broad SMARTS) is 1. The van der Waals surface area contributed by atoms with Crippen LogP contribution in [0.3, 0.4) is 0 Å². The summed E-state index contributed by atoms with van der Waals surface area (Å²) in [7, 11) is 0. The van der Waals surface area contributed by atoms with Crippen LogP contribution in [-0.4, -0.2) is 23.6 Å². The first-order valence-electron chi connectivity index (χ1n) is 6.17. The molecule has 0 fully saturated rings. The standard InChI is InChI=1S/C15H11BrClNO4/c16-9-1-4-11(5-2-9)22-8-14(19)18-13-6-3-10(17)7-12(13)15(20)21/h1-7H,8H2,(H,18,19)(H,20,21). The summed E-state index contributed by atoms with van der Waals surface area (Å²) in [5, 5.41) is 11.9. The number of carbonyl (C=O) groups excluding carboxylic acids is 1. The highest BCUT2D eigenvalue weighted by Gasteiger charge is 2.13. The zero-order valence-corrected chi connectivity index (χ0v) is 13.5. The maximum absolute atomic E-state index is 11.8. The first-order chi connectivity index (χ1) is 10.5. The minimum atomic E-state index is -1.17. The average Bonchev–Trinajstić information content (AvgIpc) is 2.48. The van der Waals surface area contributed by atoms with Crippen LogP contribution < -0.4 is 10.1 Å². The second-order valence-corrected chi connectivity index (χ2v) is 5.64. The van der Waals surface area contributed by atoms with Gasteiger partial charge in [0, 0.05) is 9.50 Å². The number of nitrogens with one attached hydrogen (secondary N) is 1. The highest BCUT2D eigenvalue weighted by atomic mass is 79.9. The molecule has 0 unspecified atom stereocenters. The Kier molecular flexibility index (Phi) is 5.41. The molecule has 0 saturated carbocycles. The van der Waals surface area contributed by atoms with E-state index >= 15 is 0 Å². The lowest BCUT2D eigenvalue weighted by Gasteiger charge is -2.10. The maximum atomic E-state index is 11.8. The molecule has 1 amide bonds. The molecule has 2 rings (SSSR count). The van der Waals surface area contributed by atoms with Crippen molar-refractivity contribution in [2.75, 3.05) is 11.9 Å². The van der Waals surface area contributed by atoms with Gasteiger partial charge in [-0.3, -0.25) is 4.79 Å². The van der Waals surface area contributed by atoms with Gasteiger partial charge in [-0.25, -0.2) is 4.79 Å². The Morgan fingerprint density at radius 2 is 1.86 bits per heavy atom. The van der Waals surface area contributed by atoms with E-state index in [0.29, 0.717) is 5.75 Å². The Morgan fingerprint density at radius 1 is 1.18 bits per heavy atom. The molecule has 114 valence electrons. The largest absolute Gasteiger partial charge is 0.484 e. The molecule has 0 aromatic heterocycles. The van der Waals surface area contributed by atoms with Crippen molar-refractivity contribution >= 4 is 45.1 Å². The van der Waals surface area contributed by atoms with Crippen molar-refractivity contribution in [2.24, 2.45) is 0 Å². The van der Waals surface area contributed by atoms with Gasteiger partial charge in [0.2, 0.25) is 0 Å². The summed E-state index contributed by atoms with van der Waals surface area (Å²) in [5.74, 6) is -1.10. The van der Waals surface area contributed by atoms with E-state index < -0.39 is 11.9 Å². The minimum absolute atomic E-state index is 0.0792. The smallest absolute Gasteiger partial charge is 0.337 e. The summed E-state index contributed by atoms with van der Waals surface area (Å²) in [4.78, 5) is 23.0. The fourth-order valence-electron chi connectivity index (χ4n) is 1.67. The molecule has 5 nitrogen and oxygen atoms in total. The van der Waals surface area contributed by atoms with Crippen molar-refractivity contribution in [3.05, 3.63) is 57.5 Å². The summed E-state index contributed by atoms with van der Waals surface area (Å²) < 4.78 is 6.21. The second kappa shape index (κ2) is 7.29. The van der Waals surface area contributed by atoms with E-state index in [9.17, 15) is 9.59 Å². The SMILES string of the molecule is O=C(COc1ccc(Br)cc1)Nc1ccc(Cl)cc1C(=O)O. The van der Waals surface area contributed by atoms with Gasteiger partial charge in [0.15, 0.2) is 6.61 Å². The molecule has 0 aliphatic carbocycles. The molecule has 0 bridgehead atoms. The number of hydrogen-bond donors (Lipinski definition) is 2. The van der Waals surface area contributed by atoms with E-state index in [1.54, 1.807) is 24.3 Å². The molecular weight excluding hydrogens is 374 g/mol. The molecule has 0 aliphatic rings. The topological polar surface area (TPSA) is 75.6 Å². The lowest BCUT2D eigenvalue weighted by atomic mass is 10.2. The number of hydrogen-bond acceptors (Lipinski definition) is 3. The monoisotopic (exact) mass is 383 g/mol. The first-order valence-corrected chi connectivity index (χ1v) is 7.34. The zero-order valence-electron chi connectivity index (χ0n) is 11.2. The van der Waals surface area contributed by atoms with Crippen LogP contribution in [0.1, 0.15) is 10.4 Å². The molecule has 0 radical (unpaired) electrons. The van der Waals surface area contributed by atoms with E-state index in [2.05, 4.69) is 21.2 Å². The van der Waals surface area contributed by atoms with E-state index in [1.807, 2.05) is 0 Å². The summed E-state index contributed by atoms with van der Waals surface area (Å²) in [5.41, 5.74) is 0.0887. The lowest BCUT2D eigenvalue weighted by molar-refractivity contribution is -0.118. The molecule has 0 aliphatic heterocycles. The fourth-order valence-corrected chi connectivity index (χ4v) is 2.10. The number of amides is 1. The molecule has 2 aromatic rings. The highest BCUT2D eigenvalue weighted by Crippen LogP contribution is 2.21. The van der Waals surface area contributed by atoms with Crippen LogP contribution >= 0.6 is 27.5 Å². The predicted molar refractivity (Wildman–Crippen MR) is 86.7 cm³/mol. The number of carbonyl (C=O) groups is 2. The molecular formula is C15H11BrClNO4. The Labute approximate surface area is 140 Å². The minimum Gasteiger partial charge on any atom is -0.484 e. The Balaban J connectivity index is 2.00. The summed E-state index contributed by atoms with van der Waals surface area (Å²) >= 11 is 9.04. The van der Waals surface area contributed by atoms with Gasteiger partial charge < -0.3 is 15.2 Å². The van der Waals surface area contributed by atoms with E-state index in [4.69, 9.17) is 21.4 Å². The molecule has 22 heavy (non-hydrogen) atoms. The first kappa shape index (κ1) is 16.3. The molecule has 0 heterocycles. The van der Waals surface area contributed by atoms with Crippen LogP contribution in [0.25, 0.3) is 0 Å². The van der Waals surface area contributed by atoms with Crippen LogP contribution in [0.4, 0.5) is 5.69 Å². The van der Waals surface area contributed by atoms with Crippen molar-refractivity contribution < 1.29 is 19.4 Å². The number of ether oxygens (including phenoxy) is 1. The van der Waals surface area contributed by atoms with Gasteiger partial charge in [0.05, 0.1) is 11.3 Å². The van der Waals surface area contributed by atoms with Crippen LogP contribution in [0.15, 0.2) is 46.9 Å². The van der Waals surface area contributed by atoms with Gasteiger partial charge in [-0.2, -0.15) is 0 Å². The van der Waals surface area contributed by atoms with Crippen molar-refractivity contribution in [3.8, 4) is 5.75 Å². The summed E-state index contributed by atoms with van der Waals surface area (Å²) in [6, 6.07) is 11.2. The van der Waals surface area contributed by atoms with Gasteiger partial charge >= 0.3 is 5.97 Å². The molecule has 7 heteroatoms. The molecule has 2 aromatic carbocycles. The highest BCUT2D eigenvalue weighted by molar-refractivity contribution is 9.10. The molecule has 0 atom stereocenters. The van der Waals surface area contributed by atoms with Gasteiger partial charge in [0.25, 0.3) is 5.91 Å². The normalized spacial score (nSPS) is 10.1. The molecule has 0 saturated heterocycles. The van der Waals surface area contributed by atoms with Gasteiger partial charge in [-0.05, 0) is 42.5 Å².